The molecule has 1 aromatic heterocycles. The third-order valence-corrected chi connectivity index (χ3v) is 2.34. The first kappa shape index (κ1) is 7.38. The molecule has 0 unspecified atom stereocenters. The highest BCUT2D eigenvalue weighted by molar-refractivity contribution is 5.86. The SMILES string of the molecule is Oc1ccc2c(c1)-c1ccnc(c1)N2. The Hall–Kier alpha value is -2.03. The largest absolute Gasteiger partial charge is 0.508 e. The minimum absolute atomic E-state index is 0.283. The average molecular weight is 184 g/mol. The predicted molar refractivity (Wildman–Crippen MR) is 54.6 cm³/mol. The lowest BCUT2D eigenvalue weighted by atomic mass is 10.0. The van der Waals surface area contributed by atoms with Gasteiger partial charge in [0.2, 0.25) is 0 Å². The number of anilines is 2. The second kappa shape index (κ2) is 2.48. The van der Waals surface area contributed by atoms with Crippen LogP contribution in [0.15, 0.2) is 36.5 Å². The van der Waals surface area contributed by atoms with Gasteiger partial charge >= 0.3 is 0 Å². The summed E-state index contributed by atoms with van der Waals surface area (Å²) in [6.07, 6.45) is 1.75. The number of hydrogen-bond donors (Lipinski definition) is 2. The maximum absolute atomic E-state index is 9.38. The molecule has 1 aliphatic heterocycles. The maximum atomic E-state index is 9.38. The molecule has 0 spiro atoms. The van der Waals surface area contributed by atoms with E-state index < -0.39 is 0 Å². The van der Waals surface area contributed by atoms with Gasteiger partial charge in [-0.3, -0.25) is 0 Å². The van der Waals surface area contributed by atoms with Gasteiger partial charge in [0.05, 0.1) is 0 Å². The Bertz CT molecular complexity index is 508. The number of hydrogen-bond acceptors (Lipinski definition) is 3. The van der Waals surface area contributed by atoms with Crippen LogP contribution in [0.5, 0.6) is 5.75 Å². The van der Waals surface area contributed by atoms with Crippen molar-refractivity contribution in [2.45, 2.75) is 0 Å². The van der Waals surface area contributed by atoms with Gasteiger partial charge < -0.3 is 10.4 Å². The van der Waals surface area contributed by atoms with E-state index in [1.54, 1.807) is 18.3 Å². The van der Waals surface area contributed by atoms with Gasteiger partial charge in [0.25, 0.3) is 0 Å². The van der Waals surface area contributed by atoms with Crippen LogP contribution in [0.1, 0.15) is 0 Å². The molecule has 0 fully saturated rings. The number of nitrogens with zero attached hydrogens (tertiary/aromatic N) is 1. The third kappa shape index (κ3) is 0.956. The van der Waals surface area contributed by atoms with Crippen molar-refractivity contribution in [1.82, 2.24) is 4.98 Å². The summed E-state index contributed by atoms with van der Waals surface area (Å²) in [6, 6.07) is 9.16. The average Bonchev–Trinajstić information content (AvgIpc) is 2.20. The summed E-state index contributed by atoms with van der Waals surface area (Å²) >= 11 is 0. The topological polar surface area (TPSA) is 45.2 Å². The van der Waals surface area contributed by atoms with Crippen LogP contribution in [-0.2, 0) is 0 Å². The van der Waals surface area contributed by atoms with E-state index in [0.29, 0.717) is 0 Å². The Kier molecular flexibility index (Phi) is 1.31. The predicted octanol–water partition coefficient (Wildman–Crippen LogP) is 2.51. The molecule has 2 heterocycles. The lowest BCUT2D eigenvalue weighted by Crippen LogP contribution is -2.00. The Labute approximate surface area is 81.0 Å². The molecular weight excluding hydrogens is 176 g/mol. The molecule has 2 bridgehead atoms. The molecule has 0 amide bonds. The number of fused-ring (bicyclic) bond motifs is 4. The third-order valence-electron chi connectivity index (χ3n) is 2.34. The Morgan fingerprint density at radius 2 is 2.07 bits per heavy atom. The zero-order valence-corrected chi connectivity index (χ0v) is 7.36. The Morgan fingerprint density at radius 3 is 3.00 bits per heavy atom. The first-order valence-electron chi connectivity index (χ1n) is 4.39. The Balaban J connectivity index is 2.31. The zero-order valence-electron chi connectivity index (χ0n) is 7.36. The van der Waals surface area contributed by atoms with E-state index in [1.165, 1.54) is 0 Å². The maximum Gasteiger partial charge on any atom is 0.130 e. The second-order valence-electron chi connectivity index (χ2n) is 3.28. The molecule has 0 atom stereocenters. The fourth-order valence-electron chi connectivity index (χ4n) is 1.68. The van der Waals surface area contributed by atoms with Crippen molar-refractivity contribution < 1.29 is 5.11 Å². The minimum atomic E-state index is 0.283. The molecule has 0 radical (unpaired) electrons. The van der Waals surface area contributed by atoms with E-state index in [2.05, 4.69) is 10.3 Å². The highest BCUT2D eigenvalue weighted by Crippen LogP contribution is 2.37. The van der Waals surface area contributed by atoms with Crippen molar-refractivity contribution >= 4 is 11.5 Å². The molecule has 14 heavy (non-hydrogen) atoms. The van der Waals surface area contributed by atoms with Gasteiger partial charge in [-0.15, -0.1) is 0 Å². The summed E-state index contributed by atoms with van der Waals surface area (Å²) in [4.78, 5) is 4.16. The van der Waals surface area contributed by atoms with Gasteiger partial charge in [-0.25, -0.2) is 4.98 Å². The fraction of sp³-hybridized carbons (Fsp3) is 0. The van der Waals surface area contributed by atoms with Crippen LogP contribution >= 0.6 is 0 Å². The standard InChI is InChI=1S/C11H8N2O/c14-8-1-2-10-9(6-8)7-3-4-12-11(5-7)13-10/h1-6,14H,(H,12,13). The summed E-state index contributed by atoms with van der Waals surface area (Å²) in [5.74, 6) is 1.13. The van der Waals surface area contributed by atoms with Crippen molar-refractivity contribution in [2.24, 2.45) is 0 Å². The molecule has 1 aromatic carbocycles. The molecular formula is C11H8N2O. The highest BCUT2D eigenvalue weighted by atomic mass is 16.3. The number of aromatic nitrogens is 1. The van der Waals surface area contributed by atoms with Crippen molar-refractivity contribution in [1.29, 1.82) is 0 Å². The summed E-state index contributed by atoms with van der Waals surface area (Å²) in [7, 11) is 0. The number of pyridine rings is 1. The van der Waals surface area contributed by atoms with Gasteiger partial charge in [-0.1, -0.05) is 0 Å². The molecule has 2 aromatic rings. The highest BCUT2D eigenvalue weighted by Gasteiger charge is 2.12. The van der Waals surface area contributed by atoms with Crippen molar-refractivity contribution in [2.75, 3.05) is 5.32 Å². The zero-order chi connectivity index (χ0) is 9.54. The van der Waals surface area contributed by atoms with E-state index in [-0.39, 0.29) is 5.75 Å². The minimum Gasteiger partial charge on any atom is -0.508 e. The number of nitrogens with one attached hydrogen (secondary N) is 1. The van der Waals surface area contributed by atoms with E-state index in [4.69, 9.17) is 0 Å². The molecule has 3 nitrogen and oxygen atoms in total. The molecule has 0 saturated heterocycles. The number of phenolic OH excluding ortho intramolecular Hbond substituents is 1. The summed E-state index contributed by atoms with van der Waals surface area (Å²) < 4.78 is 0. The summed E-state index contributed by atoms with van der Waals surface area (Å²) in [5.41, 5.74) is 3.09. The number of aromatic hydroxyl groups is 1. The molecule has 3 rings (SSSR count). The van der Waals surface area contributed by atoms with E-state index in [1.807, 2.05) is 18.2 Å². The molecule has 2 N–H and O–H groups in total. The first-order valence-corrected chi connectivity index (χ1v) is 4.39. The van der Waals surface area contributed by atoms with Crippen LogP contribution in [0.3, 0.4) is 0 Å². The monoisotopic (exact) mass is 184 g/mol. The normalized spacial score (nSPS) is 11.7. The lowest BCUT2D eigenvalue weighted by Gasteiger charge is -2.17. The van der Waals surface area contributed by atoms with E-state index >= 15 is 0 Å². The Morgan fingerprint density at radius 1 is 1.14 bits per heavy atom. The quantitative estimate of drug-likeness (QED) is 0.527. The van der Waals surface area contributed by atoms with Crippen LogP contribution in [0.2, 0.25) is 0 Å². The van der Waals surface area contributed by atoms with Crippen LogP contribution in [0, 0.1) is 0 Å². The number of phenols is 1. The van der Waals surface area contributed by atoms with Gasteiger partial charge in [-0.05, 0) is 35.9 Å². The van der Waals surface area contributed by atoms with Crippen molar-refractivity contribution in [3.05, 3.63) is 36.5 Å². The molecule has 0 aliphatic carbocycles. The van der Waals surface area contributed by atoms with Crippen LogP contribution in [0.4, 0.5) is 11.5 Å². The second-order valence-corrected chi connectivity index (χ2v) is 3.28. The van der Waals surface area contributed by atoms with Gasteiger partial charge in [0.15, 0.2) is 0 Å². The van der Waals surface area contributed by atoms with Crippen LogP contribution < -0.4 is 5.32 Å². The van der Waals surface area contributed by atoms with Gasteiger partial charge in [0, 0.05) is 17.4 Å². The van der Waals surface area contributed by atoms with Crippen molar-refractivity contribution in [3.8, 4) is 16.9 Å². The smallest absolute Gasteiger partial charge is 0.130 e. The fourth-order valence-corrected chi connectivity index (χ4v) is 1.68. The first-order chi connectivity index (χ1) is 6.83. The molecule has 3 heteroatoms. The summed E-state index contributed by atoms with van der Waals surface area (Å²) in [6.45, 7) is 0. The molecule has 1 aliphatic rings. The van der Waals surface area contributed by atoms with E-state index in [0.717, 1.165) is 22.6 Å². The molecule has 68 valence electrons. The number of rotatable bonds is 0. The van der Waals surface area contributed by atoms with Gasteiger partial charge in [0.1, 0.15) is 11.6 Å². The summed E-state index contributed by atoms with van der Waals surface area (Å²) in [5, 5.41) is 12.5. The van der Waals surface area contributed by atoms with Crippen LogP contribution in [0.25, 0.3) is 11.1 Å². The lowest BCUT2D eigenvalue weighted by molar-refractivity contribution is 0.475. The van der Waals surface area contributed by atoms with E-state index in [9.17, 15) is 5.11 Å². The van der Waals surface area contributed by atoms with Crippen molar-refractivity contribution in [3.63, 3.8) is 0 Å². The molecule has 0 saturated carbocycles. The van der Waals surface area contributed by atoms with Crippen LogP contribution in [-0.4, -0.2) is 10.1 Å². The number of benzene rings is 1. The van der Waals surface area contributed by atoms with Gasteiger partial charge in [-0.2, -0.15) is 0 Å².